The summed E-state index contributed by atoms with van der Waals surface area (Å²) >= 11 is 4.56. The molecule has 0 spiro atoms. The number of hydrogen-bond acceptors (Lipinski definition) is 6. The Kier molecular flexibility index (Phi) is 7.49. The van der Waals surface area contributed by atoms with Crippen LogP contribution in [0, 0.1) is 0 Å². The van der Waals surface area contributed by atoms with Crippen molar-refractivity contribution in [2.24, 2.45) is 4.99 Å². The van der Waals surface area contributed by atoms with Gasteiger partial charge in [0.1, 0.15) is 17.5 Å². The average molecular weight is 560 g/mol. The number of benzene rings is 3. The second-order valence-electron chi connectivity index (χ2n) is 9.75. The minimum atomic E-state index is -3.23. The van der Waals surface area contributed by atoms with Crippen molar-refractivity contribution in [3.63, 3.8) is 0 Å². The number of allylic oxidation sites excluding steroid dienone is 3. The molecule has 5 rings (SSSR count). The van der Waals surface area contributed by atoms with Crippen molar-refractivity contribution < 1.29 is 23.8 Å². The lowest BCUT2D eigenvalue weighted by atomic mass is 9.91. The first-order chi connectivity index (χ1) is 19.1. The van der Waals surface area contributed by atoms with Gasteiger partial charge in [-0.2, -0.15) is 0 Å². The molecule has 1 atom stereocenters. The number of amides is 1. The predicted octanol–water partition coefficient (Wildman–Crippen LogP) is 6.10. The molecule has 1 unspecified atom stereocenters. The quantitative estimate of drug-likeness (QED) is 0.170. The van der Waals surface area contributed by atoms with Gasteiger partial charge in [-0.15, -0.1) is 12.6 Å². The Bertz CT molecular complexity index is 1610. The molecule has 4 N–H and O–H groups in total. The van der Waals surface area contributed by atoms with Crippen LogP contribution in [0.4, 0.5) is 14.5 Å². The lowest BCUT2D eigenvalue weighted by Gasteiger charge is -2.23. The number of alkyl halides is 2. The third-order valence-corrected chi connectivity index (χ3v) is 7.04. The van der Waals surface area contributed by atoms with Gasteiger partial charge in [-0.1, -0.05) is 42.5 Å². The first-order valence-corrected chi connectivity index (χ1v) is 13.0. The van der Waals surface area contributed by atoms with Crippen molar-refractivity contribution in [2.45, 2.75) is 31.9 Å². The van der Waals surface area contributed by atoms with E-state index in [0.29, 0.717) is 24.6 Å². The fraction of sp³-hybridized carbons (Fsp3) is 0.161. The SMILES string of the molecule is CC(F)(F)c1cc(O)ccc1NC(=O)Cc1cccc(CNC2=CC(c3ccccc3O)=CC3=C(S)C=NC23)c1. The van der Waals surface area contributed by atoms with E-state index in [1.807, 2.05) is 42.5 Å². The molecule has 6 nitrogen and oxygen atoms in total. The van der Waals surface area contributed by atoms with Crippen LogP contribution in [-0.4, -0.2) is 28.4 Å². The zero-order valence-electron chi connectivity index (χ0n) is 21.5. The normalized spacial score (nSPS) is 16.4. The summed E-state index contributed by atoms with van der Waals surface area (Å²) in [5, 5.41) is 26.0. The van der Waals surface area contributed by atoms with Gasteiger partial charge in [0.15, 0.2) is 0 Å². The minimum Gasteiger partial charge on any atom is -0.508 e. The molecular weight excluding hydrogens is 532 g/mol. The van der Waals surface area contributed by atoms with E-state index in [-0.39, 0.29) is 29.6 Å². The number of phenolic OH excluding ortho intramolecular Hbond substituents is 2. The summed E-state index contributed by atoms with van der Waals surface area (Å²) in [6.07, 6.45) is 5.64. The van der Waals surface area contributed by atoms with Crippen molar-refractivity contribution in [1.82, 2.24) is 5.32 Å². The number of fused-ring (bicyclic) bond motifs is 1. The highest BCUT2D eigenvalue weighted by Gasteiger charge is 2.29. The van der Waals surface area contributed by atoms with E-state index in [1.54, 1.807) is 24.4 Å². The van der Waals surface area contributed by atoms with Crippen LogP contribution in [0.15, 0.2) is 100 Å². The van der Waals surface area contributed by atoms with Gasteiger partial charge in [-0.05, 0) is 58.7 Å². The monoisotopic (exact) mass is 559 g/mol. The second kappa shape index (κ2) is 11.0. The summed E-state index contributed by atoms with van der Waals surface area (Å²) in [7, 11) is 0. The summed E-state index contributed by atoms with van der Waals surface area (Å²) in [4.78, 5) is 18.1. The standard InChI is InChI=1S/C31H27F2N3O3S/c1-31(32,33)24-15-21(37)9-10-25(24)36-29(39)12-18-5-4-6-19(11-18)16-34-26-14-20(22-7-2-3-8-27(22)38)13-23-28(40)17-35-30(23)26/h2-11,13-15,17,30,34,37-38,40H,12,16H2,1H3,(H,36,39). The van der Waals surface area contributed by atoms with E-state index in [1.165, 1.54) is 12.1 Å². The Morgan fingerprint density at radius 3 is 2.58 bits per heavy atom. The van der Waals surface area contributed by atoms with Gasteiger partial charge >= 0.3 is 0 Å². The van der Waals surface area contributed by atoms with E-state index >= 15 is 0 Å². The molecule has 0 aromatic heterocycles. The molecule has 204 valence electrons. The summed E-state index contributed by atoms with van der Waals surface area (Å²) < 4.78 is 28.0. The van der Waals surface area contributed by atoms with E-state index in [9.17, 15) is 23.8 Å². The Labute approximate surface area is 235 Å². The van der Waals surface area contributed by atoms with Crippen molar-refractivity contribution in [2.75, 3.05) is 5.32 Å². The summed E-state index contributed by atoms with van der Waals surface area (Å²) in [6.45, 7) is 1.16. The van der Waals surface area contributed by atoms with Crippen LogP contribution in [-0.2, 0) is 23.7 Å². The molecule has 0 radical (unpaired) electrons. The van der Waals surface area contributed by atoms with Crippen LogP contribution >= 0.6 is 12.6 Å². The molecule has 3 aromatic carbocycles. The van der Waals surface area contributed by atoms with Gasteiger partial charge in [-0.25, -0.2) is 8.78 Å². The lowest BCUT2D eigenvalue weighted by Crippen LogP contribution is -2.25. The maximum atomic E-state index is 14.0. The van der Waals surface area contributed by atoms with Gasteiger partial charge < -0.3 is 20.8 Å². The van der Waals surface area contributed by atoms with Gasteiger partial charge in [0.2, 0.25) is 5.91 Å². The molecule has 40 heavy (non-hydrogen) atoms. The van der Waals surface area contributed by atoms with Gasteiger partial charge in [-0.3, -0.25) is 9.79 Å². The Morgan fingerprint density at radius 1 is 1.02 bits per heavy atom. The Morgan fingerprint density at radius 2 is 1.80 bits per heavy atom. The second-order valence-corrected chi connectivity index (χ2v) is 10.2. The van der Waals surface area contributed by atoms with E-state index < -0.39 is 17.4 Å². The first-order valence-electron chi connectivity index (χ1n) is 12.6. The largest absolute Gasteiger partial charge is 0.508 e. The molecule has 2 aliphatic rings. The minimum absolute atomic E-state index is 0.0187. The summed E-state index contributed by atoms with van der Waals surface area (Å²) in [6, 6.07) is 17.8. The van der Waals surface area contributed by atoms with Gasteiger partial charge in [0.05, 0.1) is 12.1 Å². The molecule has 0 fully saturated rings. The molecule has 9 heteroatoms. The number of anilines is 1. The maximum absolute atomic E-state index is 14.0. The smallest absolute Gasteiger partial charge is 0.272 e. The molecule has 1 aliphatic carbocycles. The highest BCUT2D eigenvalue weighted by molar-refractivity contribution is 7.85. The number of nitrogens with zero attached hydrogens (tertiary/aromatic N) is 1. The number of carbonyl (C=O) groups is 1. The highest BCUT2D eigenvalue weighted by Crippen LogP contribution is 2.38. The van der Waals surface area contributed by atoms with Crippen molar-refractivity contribution in [3.05, 3.63) is 117 Å². The number of phenols is 2. The van der Waals surface area contributed by atoms with Crippen molar-refractivity contribution in [3.8, 4) is 11.5 Å². The Hall–Kier alpha value is -4.37. The molecule has 1 amide bonds. The predicted molar refractivity (Wildman–Crippen MR) is 156 cm³/mol. The molecular formula is C31H27F2N3O3S. The van der Waals surface area contributed by atoms with E-state index in [4.69, 9.17) is 0 Å². The molecule has 0 bridgehead atoms. The molecule has 3 aromatic rings. The zero-order valence-corrected chi connectivity index (χ0v) is 22.4. The van der Waals surface area contributed by atoms with E-state index in [0.717, 1.165) is 33.4 Å². The molecule has 1 aliphatic heterocycles. The lowest BCUT2D eigenvalue weighted by molar-refractivity contribution is -0.115. The number of carbonyl (C=O) groups excluding carboxylic acids is 1. The summed E-state index contributed by atoms with van der Waals surface area (Å²) in [5.74, 6) is -3.81. The van der Waals surface area contributed by atoms with Crippen molar-refractivity contribution in [1.29, 1.82) is 0 Å². The number of thiol groups is 1. The maximum Gasteiger partial charge on any atom is 0.272 e. The number of hydrogen-bond donors (Lipinski definition) is 5. The van der Waals surface area contributed by atoms with Crippen LogP contribution in [0.5, 0.6) is 11.5 Å². The van der Waals surface area contributed by atoms with Gasteiger partial charge in [0, 0.05) is 41.4 Å². The number of rotatable bonds is 8. The third kappa shape index (κ3) is 5.94. The first kappa shape index (κ1) is 27.2. The number of para-hydroxylation sites is 1. The number of aromatic hydroxyl groups is 2. The molecule has 0 saturated carbocycles. The van der Waals surface area contributed by atoms with Crippen LogP contribution in [0.25, 0.3) is 5.57 Å². The van der Waals surface area contributed by atoms with Crippen molar-refractivity contribution >= 4 is 36.0 Å². The molecule has 1 heterocycles. The van der Waals surface area contributed by atoms with E-state index in [2.05, 4.69) is 28.3 Å². The van der Waals surface area contributed by atoms with Crippen LogP contribution in [0.3, 0.4) is 0 Å². The number of nitrogens with one attached hydrogen (secondary N) is 2. The van der Waals surface area contributed by atoms with Crippen LogP contribution < -0.4 is 10.6 Å². The van der Waals surface area contributed by atoms with Crippen LogP contribution in [0.1, 0.15) is 29.2 Å². The number of halogens is 2. The molecule has 0 saturated heterocycles. The van der Waals surface area contributed by atoms with Gasteiger partial charge in [0.25, 0.3) is 5.92 Å². The number of aliphatic imine (C=N–C) groups is 1. The fourth-order valence-electron chi connectivity index (χ4n) is 4.76. The van der Waals surface area contributed by atoms with Crippen LogP contribution in [0.2, 0.25) is 0 Å². The summed E-state index contributed by atoms with van der Waals surface area (Å²) in [5.41, 5.74) is 4.44. The third-order valence-electron chi connectivity index (χ3n) is 6.67. The average Bonchev–Trinajstić information content (AvgIpc) is 3.29. The highest BCUT2D eigenvalue weighted by atomic mass is 32.1. The zero-order chi connectivity index (χ0) is 28.4. The Balaban J connectivity index is 1.30. The topological polar surface area (TPSA) is 94.0 Å². The fourth-order valence-corrected chi connectivity index (χ4v) is 5.01.